The van der Waals surface area contributed by atoms with Gasteiger partial charge in [-0.15, -0.1) is 0 Å². The van der Waals surface area contributed by atoms with Crippen LogP contribution in [0.2, 0.25) is 0 Å². The Morgan fingerprint density at radius 2 is 2.05 bits per heavy atom. The third-order valence-electron chi connectivity index (χ3n) is 1.99. The van der Waals surface area contributed by atoms with Gasteiger partial charge >= 0.3 is 0 Å². The second-order valence-corrected chi connectivity index (χ2v) is 4.24. The second kappa shape index (κ2) is 9.61. The van der Waals surface area contributed by atoms with Gasteiger partial charge in [0.1, 0.15) is 0 Å². The first-order valence-corrected chi connectivity index (χ1v) is 6.45. The first kappa shape index (κ1) is 17.7. The minimum atomic E-state index is -0.0934. The van der Waals surface area contributed by atoms with E-state index in [-0.39, 0.29) is 11.7 Å². The van der Waals surface area contributed by atoms with Gasteiger partial charge in [-0.2, -0.15) is 0 Å². The zero-order valence-corrected chi connectivity index (χ0v) is 12.7. The first-order valence-electron chi connectivity index (χ1n) is 5.66. The average molecular weight is 303 g/mol. The van der Waals surface area contributed by atoms with Crippen molar-refractivity contribution in [3.63, 3.8) is 0 Å². The van der Waals surface area contributed by atoms with Crippen LogP contribution in [-0.2, 0) is 4.74 Å². The Hall–Kier alpha value is -1.30. The maximum absolute atomic E-state index is 9.03. The van der Waals surface area contributed by atoms with Gasteiger partial charge in [0.15, 0.2) is 11.0 Å². The van der Waals surface area contributed by atoms with Gasteiger partial charge in [0.05, 0.1) is 23.9 Å². The molecule has 19 heavy (non-hydrogen) atoms. The van der Waals surface area contributed by atoms with E-state index < -0.39 is 0 Å². The zero-order chi connectivity index (χ0) is 14.8. The van der Waals surface area contributed by atoms with E-state index in [1.54, 1.807) is 19.1 Å². The molecule has 0 atom stereocenters. The van der Waals surface area contributed by atoms with E-state index >= 15 is 0 Å². The molecule has 0 rings (SSSR count). The van der Waals surface area contributed by atoms with Crippen LogP contribution in [0.25, 0.3) is 0 Å². The van der Waals surface area contributed by atoms with Crippen molar-refractivity contribution in [2.75, 3.05) is 13.2 Å². The van der Waals surface area contributed by atoms with Gasteiger partial charge < -0.3 is 20.5 Å². The zero-order valence-electron chi connectivity index (χ0n) is 11.1. The lowest BCUT2D eigenvalue weighted by Crippen LogP contribution is -2.34. The number of rotatable bonds is 7. The normalized spacial score (nSPS) is 11.8. The highest BCUT2D eigenvalue weighted by Gasteiger charge is 2.04. The SMILES string of the molecule is C=C(NC(=S)NC(=C)/C(Cl)=C\C(=C/C)CO)OCC. The summed E-state index contributed by atoms with van der Waals surface area (Å²) in [6.07, 6.45) is 3.36. The standard InChI is InChI=1S/C13H19ClN2O2S/c1-5-11(8-17)7-12(14)9(3)15-13(19)16-10(4)18-6-2/h5,7,17H,3-4,6,8H2,1-2H3,(H2,15,16,19)/b11-5+,12-7+. The fourth-order valence-electron chi connectivity index (χ4n) is 1.04. The van der Waals surface area contributed by atoms with Crippen molar-refractivity contribution in [3.05, 3.63) is 47.5 Å². The summed E-state index contributed by atoms with van der Waals surface area (Å²) in [7, 11) is 0. The minimum Gasteiger partial charge on any atom is -0.480 e. The Labute approximate surface area is 124 Å². The van der Waals surface area contributed by atoms with Crippen molar-refractivity contribution < 1.29 is 9.84 Å². The smallest absolute Gasteiger partial charge is 0.185 e. The summed E-state index contributed by atoms with van der Waals surface area (Å²) in [5.41, 5.74) is 1.10. The van der Waals surface area contributed by atoms with E-state index in [0.29, 0.717) is 28.8 Å². The number of allylic oxidation sites excluding steroid dienone is 2. The molecule has 0 bridgehead atoms. The van der Waals surface area contributed by atoms with Crippen LogP contribution in [0, 0.1) is 0 Å². The summed E-state index contributed by atoms with van der Waals surface area (Å²) in [5.74, 6) is 0.345. The highest BCUT2D eigenvalue weighted by Crippen LogP contribution is 2.13. The monoisotopic (exact) mass is 302 g/mol. The van der Waals surface area contributed by atoms with Gasteiger partial charge in [0, 0.05) is 0 Å². The molecule has 106 valence electrons. The molecule has 0 aromatic rings. The molecule has 0 saturated carbocycles. The Kier molecular flexibility index (Phi) is 8.95. The molecule has 6 heteroatoms. The molecule has 0 fully saturated rings. The largest absolute Gasteiger partial charge is 0.480 e. The summed E-state index contributed by atoms with van der Waals surface area (Å²) in [5, 5.41) is 15.2. The predicted molar refractivity (Wildman–Crippen MR) is 83.6 cm³/mol. The van der Waals surface area contributed by atoms with Crippen molar-refractivity contribution in [3.8, 4) is 0 Å². The van der Waals surface area contributed by atoms with Crippen LogP contribution < -0.4 is 10.6 Å². The van der Waals surface area contributed by atoms with Crippen LogP contribution in [0.1, 0.15) is 13.8 Å². The lowest BCUT2D eigenvalue weighted by Gasteiger charge is -2.13. The van der Waals surface area contributed by atoms with E-state index in [2.05, 4.69) is 23.8 Å². The average Bonchev–Trinajstić information content (AvgIpc) is 2.35. The Morgan fingerprint density at radius 1 is 1.42 bits per heavy atom. The van der Waals surface area contributed by atoms with Crippen LogP contribution in [-0.4, -0.2) is 23.4 Å². The van der Waals surface area contributed by atoms with Crippen molar-refractivity contribution in [2.45, 2.75) is 13.8 Å². The topological polar surface area (TPSA) is 53.5 Å². The first-order chi connectivity index (χ1) is 8.94. The van der Waals surface area contributed by atoms with E-state index in [1.165, 1.54) is 0 Å². The summed E-state index contributed by atoms with van der Waals surface area (Å²) in [6, 6.07) is 0. The molecule has 0 aliphatic rings. The van der Waals surface area contributed by atoms with E-state index in [1.807, 2.05) is 6.92 Å². The molecule has 3 N–H and O–H groups in total. The van der Waals surface area contributed by atoms with Gasteiger partial charge in [0.2, 0.25) is 0 Å². The van der Waals surface area contributed by atoms with Crippen molar-refractivity contribution in [2.24, 2.45) is 0 Å². The lowest BCUT2D eigenvalue weighted by molar-refractivity contribution is 0.218. The van der Waals surface area contributed by atoms with Gasteiger partial charge in [-0.25, -0.2) is 0 Å². The Balaban J connectivity index is 4.45. The fraction of sp³-hybridized carbons (Fsp3) is 0.308. The highest BCUT2D eigenvalue weighted by atomic mass is 35.5. The van der Waals surface area contributed by atoms with Gasteiger partial charge in [-0.3, -0.25) is 0 Å². The Morgan fingerprint density at radius 3 is 2.53 bits per heavy atom. The highest BCUT2D eigenvalue weighted by molar-refractivity contribution is 7.80. The molecule has 0 amide bonds. The van der Waals surface area contributed by atoms with Crippen LogP contribution in [0.15, 0.2) is 47.5 Å². The van der Waals surface area contributed by atoms with Crippen LogP contribution in [0.4, 0.5) is 0 Å². The molecule has 0 saturated heterocycles. The molecule has 0 aliphatic carbocycles. The summed E-state index contributed by atoms with van der Waals surface area (Å²) >= 11 is 11.1. The maximum atomic E-state index is 9.03. The quantitative estimate of drug-likeness (QED) is 0.383. The molecular formula is C13H19ClN2O2S. The fourth-order valence-corrected chi connectivity index (χ4v) is 1.46. The molecule has 0 aliphatic heterocycles. The number of hydrogen-bond donors (Lipinski definition) is 3. The molecule has 0 unspecified atom stereocenters. The molecule has 4 nitrogen and oxygen atoms in total. The molecule has 0 radical (unpaired) electrons. The third-order valence-corrected chi connectivity index (χ3v) is 2.53. The lowest BCUT2D eigenvalue weighted by atomic mass is 10.2. The summed E-state index contributed by atoms with van der Waals surface area (Å²) < 4.78 is 5.10. The minimum absolute atomic E-state index is 0.0934. The van der Waals surface area contributed by atoms with E-state index in [4.69, 9.17) is 33.7 Å². The van der Waals surface area contributed by atoms with Crippen molar-refractivity contribution >= 4 is 28.9 Å². The van der Waals surface area contributed by atoms with Gasteiger partial charge in [-0.05, 0) is 44.3 Å². The number of aliphatic hydroxyl groups excluding tert-OH is 1. The number of aliphatic hydroxyl groups is 1. The second-order valence-electron chi connectivity index (χ2n) is 3.43. The molecular weight excluding hydrogens is 284 g/mol. The maximum Gasteiger partial charge on any atom is 0.185 e. The molecule has 0 heterocycles. The number of halogens is 1. The molecule has 0 spiro atoms. The van der Waals surface area contributed by atoms with Crippen molar-refractivity contribution in [1.82, 2.24) is 10.6 Å². The number of ether oxygens (including phenoxy) is 1. The molecule has 0 aromatic heterocycles. The number of hydrogen-bond acceptors (Lipinski definition) is 3. The van der Waals surface area contributed by atoms with E-state index in [0.717, 1.165) is 0 Å². The number of nitrogens with one attached hydrogen (secondary N) is 2. The van der Waals surface area contributed by atoms with E-state index in [9.17, 15) is 0 Å². The number of thiocarbonyl (C=S) groups is 1. The van der Waals surface area contributed by atoms with Crippen LogP contribution in [0.5, 0.6) is 0 Å². The van der Waals surface area contributed by atoms with Crippen molar-refractivity contribution in [1.29, 1.82) is 0 Å². The van der Waals surface area contributed by atoms with Crippen LogP contribution in [0.3, 0.4) is 0 Å². The van der Waals surface area contributed by atoms with Gasteiger partial charge in [0.25, 0.3) is 0 Å². The van der Waals surface area contributed by atoms with Gasteiger partial charge in [-0.1, -0.05) is 24.3 Å². The Bertz CT molecular complexity index is 417. The third kappa shape index (κ3) is 7.66. The van der Waals surface area contributed by atoms with Crippen LogP contribution >= 0.6 is 23.8 Å². The summed E-state index contributed by atoms with van der Waals surface area (Å²) in [4.78, 5) is 0. The summed E-state index contributed by atoms with van der Waals surface area (Å²) in [6.45, 7) is 11.4. The predicted octanol–water partition coefficient (Wildman–Crippen LogP) is 2.53. The molecule has 0 aromatic carbocycles.